The highest BCUT2D eigenvalue weighted by molar-refractivity contribution is 7.80. The van der Waals surface area contributed by atoms with Gasteiger partial charge in [-0.1, -0.05) is 23.3 Å². The fraction of sp³-hybridized carbons (Fsp3) is 0.143. The van der Waals surface area contributed by atoms with E-state index in [0.29, 0.717) is 11.3 Å². The van der Waals surface area contributed by atoms with Crippen LogP contribution in [0.1, 0.15) is 5.56 Å². The Kier molecular flexibility index (Phi) is 3.93. The van der Waals surface area contributed by atoms with E-state index in [1.807, 2.05) is 0 Å². The third kappa shape index (κ3) is 3.06. The lowest BCUT2D eigenvalue weighted by Gasteiger charge is -2.05. The molecule has 0 aliphatic heterocycles. The van der Waals surface area contributed by atoms with Crippen LogP contribution in [0.2, 0.25) is 0 Å². The molecule has 0 bridgehead atoms. The Morgan fingerprint density at radius 1 is 1.57 bits per heavy atom. The normalized spacial score (nSPS) is 11.5. The molecule has 0 radical (unpaired) electrons. The lowest BCUT2D eigenvalue weighted by Crippen LogP contribution is -2.04. The molecule has 14 heavy (non-hydrogen) atoms. The van der Waals surface area contributed by atoms with Gasteiger partial charge in [-0.25, -0.2) is 4.21 Å². The van der Waals surface area contributed by atoms with Gasteiger partial charge in [0.2, 0.25) is 0 Å². The molecule has 1 atom stereocenters. The first-order chi connectivity index (χ1) is 6.74. The van der Waals surface area contributed by atoms with Gasteiger partial charge in [-0.15, -0.1) is 0 Å². The lowest BCUT2D eigenvalue weighted by molar-refractivity contribution is 0.570. The predicted molar refractivity (Wildman–Crippen MR) is 53.7 cm³/mol. The molecule has 74 valence electrons. The first-order valence-corrected chi connectivity index (χ1v) is 4.81. The third-order valence-electron chi connectivity index (χ3n) is 1.52. The minimum absolute atomic E-state index is 0.150. The summed E-state index contributed by atoms with van der Waals surface area (Å²) in [7, 11) is 0. The Morgan fingerprint density at radius 2 is 2.29 bits per heavy atom. The number of azide groups is 1. The second kappa shape index (κ2) is 5.23. The molecule has 1 unspecified atom stereocenters. The van der Waals surface area contributed by atoms with Gasteiger partial charge < -0.3 is 0 Å². The van der Waals surface area contributed by atoms with Crippen molar-refractivity contribution in [2.45, 2.75) is 6.54 Å². The zero-order valence-electron chi connectivity index (χ0n) is 7.12. The van der Waals surface area contributed by atoms with Crippen LogP contribution in [0.4, 0.5) is 5.69 Å². The van der Waals surface area contributed by atoms with Gasteiger partial charge in [0, 0.05) is 4.91 Å². The number of anilines is 1. The monoisotopic (exact) mass is 212 g/mol. The number of nitrogens with zero attached hydrogens (tertiary/aromatic N) is 3. The molecule has 0 fully saturated rings. The maximum absolute atomic E-state index is 10.5. The van der Waals surface area contributed by atoms with Crippen LogP contribution < -0.4 is 4.72 Å². The first-order valence-electron chi connectivity index (χ1n) is 3.70. The van der Waals surface area contributed by atoms with Crippen LogP contribution in [-0.4, -0.2) is 8.76 Å². The van der Waals surface area contributed by atoms with E-state index in [1.165, 1.54) is 0 Å². The van der Waals surface area contributed by atoms with E-state index in [4.69, 9.17) is 10.1 Å². The smallest absolute Gasteiger partial charge is 0.259 e. The quantitative estimate of drug-likeness (QED) is 0.345. The van der Waals surface area contributed by atoms with Crippen molar-refractivity contribution < 1.29 is 8.76 Å². The van der Waals surface area contributed by atoms with Gasteiger partial charge >= 0.3 is 0 Å². The average molecular weight is 212 g/mol. The lowest BCUT2D eigenvalue weighted by atomic mass is 10.2. The second-order valence-electron chi connectivity index (χ2n) is 2.40. The Hall–Kier alpha value is -1.56. The molecular weight excluding hydrogens is 204 g/mol. The van der Waals surface area contributed by atoms with E-state index in [2.05, 4.69) is 14.7 Å². The van der Waals surface area contributed by atoms with Gasteiger partial charge in [0.1, 0.15) is 0 Å². The SMILES string of the molecule is [N-]=[N+]=NCc1ccccc1NS(=O)O. The molecule has 7 heteroatoms. The summed E-state index contributed by atoms with van der Waals surface area (Å²) in [5, 5.41) is 3.37. The summed E-state index contributed by atoms with van der Waals surface area (Å²) in [6.07, 6.45) is 0. The highest BCUT2D eigenvalue weighted by atomic mass is 32.2. The molecule has 1 rings (SSSR count). The number of para-hydroxylation sites is 1. The minimum Gasteiger partial charge on any atom is -0.289 e. The summed E-state index contributed by atoms with van der Waals surface area (Å²) < 4.78 is 21.4. The zero-order valence-corrected chi connectivity index (χ0v) is 7.94. The van der Waals surface area contributed by atoms with Crippen molar-refractivity contribution in [3.8, 4) is 0 Å². The van der Waals surface area contributed by atoms with Crippen LogP contribution in [0.3, 0.4) is 0 Å². The fourth-order valence-electron chi connectivity index (χ4n) is 0.960. The summed E-state index contributed by atoms with van der Waals surface area (Å²) in [5.74, 6) is 0. The van der Waals surface area contributed by atoms with Crippen LogP contribution >= 0.6 is 0 Å². The fourth-order valence-corrected chi connectivity index (χ4v) is 1.35. The van der Waals surface area contributed by atoms with Crippen molar-refractivity contribution in [2.24, 2.45) is 5.11 Å². The molecule has 2 N–H and O–H groups in total. The van der Waals surface area contributed by atoms with Gasteiger partial charge in [-0.05, 0) is 17.2 Å². The summed E-state index contributed by atoms with van der Waals surface area (Å²) in [6, 6.07) is 6.82. The predicted octanol–water partition coefficient (Wildman–Crippen LogP) is 2.05. The van der Waals surface area contributed by atoms with E-state index in [1.54, 1.807) is 24.3 Å². The van der Waals surface area contributed by atoms with Crippen LogP contribution in [0, 0.1) is 0 Å². The van der Waals surface area contributed by atoms with Crippen molar-refractivity contribution in [3.63, 3.8) is 0 Å². The van der Waals surface area contributed by atoms with Gasteiger partial charge in [0.15, 0.2) is 0 Å². The second-order valence-corrected chi connectivity index (χ2v) is 3.10. The Balaban J connectivity index is 2.90. The van der Waals surface area contributed by atoms with E-state index in [0.717, 1.165) is 0 Å². The van der Waals surface area contributed by atoms with Crippen LogP contribution in [-0.2, 0) is 17.8 Å². The summed E-state index contributed by atoms with van der Waals surface area (Å²) in [5.41, 5.74) is 9.29. The maximum atomic E-state index is 10.5. The Bertz CT molecular complexity index is 366. The zero-order chi connectivity index (χ0) is 10.4. The van der Waals surface area contributed by atoms with Crippen molar-refractivity contribution >= 4 is 17.0 Å². The molecule has 0 saturated heterocycles. The summed E-state index contributed by atoms with van der Waals surface area (Å²) in [6.45, 7) is 0.150. The van der Waals surface area contributed by atoms with E-state index in [9.17, 15) is 4.21 Å². The van der Waals surface area contributed by atoms with Crippen molar-refractivity contribution in [3.05, 3.63) is 40.3 Å². The highest BCUT2D eigenvalue weighted by Gasteiger charge is 2.01. The number of nitrogens with one attached hydrogen (secondary N) is 1. The number of hydrogen-bond donors (Lipinski definition) is 2. The molecule has 0 aliphatic rings. The van der Waals surface area contributed by atoms with Gasteiger partial charge in [0.25, 0.3) is 11.3 Å². The summed E-state index contributed by atoms with van der Waals surface area (Å²) >= 11 is -2.12. The largest absolute Gasteiger partial charge is 0.289 e. The standard InChI is InChI=1S/C7H8N4O2S/c8-11-9-5-6-3-1-2-4-7(6)10-14(12)13/h1-4,10H,5H2,(H,12,13). The molecule has 0 saturated carbocycles. The molecule has 0 heterocycles. The van der Waals surface area contributed by atoms with E-state index < -0.39 is 11.3 Å². The first kappa shape index (κ1) is 10.5. The topological polar surface area (TPSA) is 98.1 Å². The van der Waals surface area contributed by atoms with Gasteiger partial charge in [-0.3, -0.25) is 9.27 Å². The Morgan fingerprint density at radius 3 is 2.93 bits per heavy atom. The molecule has 0 amide bonds. The molecule has 0 spiro atoms. The highest BCUT2D eigenvalue weighted by Crippen LogP contribution is 2.16. The maximum Gasteiger partial charge on any atom is 0.259 e. The molecule has 1 aromatic rings. The molecule has 0 aliphatic carbocycles. The van der Waals surface area contributed by atoms with Crippen molar-refractivity contribution in [1.82, 2.24) is 0 Å². The van der Waals surface area contributed by atoms with Crippen molar-refractivity contribution in [1.29, 1.82) is 0 Å². The van der Waals surface area contributed by atoms with E-state index in [-0.39, 0.29) is 6.54 Å². The third-order valence-corrected chi connectivity index (χ3v) is 1.91. The van der Waals surface area contributed by atoms with Crippen LogP contribution in [0.15, 0.2) is 29.4 Å². The number of rotatable bonds is 4. The van der Waals surface area contributed by atoms with Gasteiger partial charge in [-0.2, -0.15) is 0 Å². The molecule has 0 aromatic heterocycles. The van der Waals surface area contributed by atoms with Crippen LogP contribution in [0.5, 0.6) is 0 Å². The average Bonchev–Trinajstić information content (AvgIpc) is 2.16. The minimum atomic E-state index is -2.12. The summed E-state index contributed by atoms with van der Waals surface area (Å²) in [4.78, 5) is 2.61. The number of hydrogen-bond acceptors (Lipinski definition) is 2. The molecular formula is C7H8N4O2S. The van der Waals surface area contributed by atoms with Crippen LogP contribution in [0.25, 0.3) is 10.4 Å². The Labute approximate surface area is 83.0 Å². The van der Waals surface area contributed by atoms with E-state index >= 15 is 0 Å². The van der Waals surface area contributed by atoms with Crippen molar-refractivity contribution in [2.75, 3.05) is 4.72 Å². The number of benzene rings is 1. The van der Waals surface area contributed by atoms with Gasteiger partial charge in [0.05, 0.1) is 12.2 Å². The molecule has 6 nitrogen and oxygen atoms in total. The molecule has 1 aromatic carbocycles.